The Morgan fingerprint density at radius 1 is 1.16 bits per heavy atom. The number of carbonyl (C=O) groups is 2. The van der Waals surface area contributed by atoms with Crippen molar-refractivity contribution in [2.75, 3.05) is 16.8 Å². The fourth-order valence-electron chi connectivity index (χ4n) is 3.19. The highest BCUT2D eigenvalue weighted by Gasteiger charge is 2.20. The van der Waals surface area contributed by atoms with E-state index in [1.807, 2.05) is 36.4 Å². The first-order chi connectivity index (χ1) is 12.2. The molecule has 2 aromatic carbocycles. The molecule has 0 spiro atoms. The van der Waals surface area contributed by atoms with Gasteiger partial charge < -0.3 is 10.2 Å². The van der Waals surface area contributed by atoms with Crippen LogP contribution >= 0.6 is 0 Å². The Kier molecular flexibility index (Phi) is 3.93. The van der Waals surface area contributed by atoms with Crippen LogP contribution in [0.2, 0.25) is 0 Å². The van der Waals surface area contributed by atoms with E-state index in [9.17, 15) is 9.59 Å². The van der Waals surface area contributed by atoms with Gasteiger partial charge in [0.2, 0.25) is 5.91 Å². The van der Waals surface area contributed by atoms with Crippen molar-refractivity contribution in [1.29, 1.82) is 0 Å². The molecule has 1 saturated heterocycles. The molecule has 126 valence electrons. The maximum absolute atomic E-state index is 12.6. The molecule has 2 N–H and O–H groups in total. The van der Waals surface area contributed by atoms with Crippen LogP contribution in [0.4, 0.5) is 11.4 Å². The minimum atomic E-state index is -0.211. The summed E-state index contributed by atoms with van der Waals surface area (Å²) in [7, 11) is 0. The Morgan fingerprint density at radius 2 is 2.04 bits per heavy atom. The van der Waals surface area contributed by atoms with Gasteiger partial charge >= 0.3 is 0 Å². The molecule has 0 saturated carbocycles. The summed E-state index contributed by atoms with van der Waals surface area (Å²) in [4.78, 5) is 26.5. The van der Waals surface area contributed by atoms with Gasteiger partial charge in [-0.1, -0.05) is 18.2 Å². The van der Waals surface area contributed by atoms with Crippen molar-refractivity contribution in [1.82, 2.24) is 10.2 Å². The van der Waals surface area contributed by atoms with E-state index in [1.54, 1.807) is 17.2 Å². The molecule has 0 aliphatic carbocycles. The smallest absolute Gasteiger partial charge is 0.257 e. The van der Waals surface area contributed by atoms with Gasteiger partial charge in [0, 0.05) is 29.7 Å². The van der Waals surface area contributed by atoms with Crippen LogP contribution in [0.5, 0.6) is 0 Å². The number of H-pyrrole nitrogens is 1. The number of para-hydroxylation sites is 1. The van der Waals surface area contributed by atoms with Crippen LogP contribution in [0, 0.1) is 0 Å². The highest BCUT2D eigenvalue weighted by atomic mass is 16.2. The number of nitrogens with zero attached hydrogens (tertiary/aromatic N) is 2. The first-order valence-corrected chi connectivity index (χ1v) is 8.36. The van der Waals surface area contributed by atoms with E-state index >= 15 is 0 Å². The number of hydrogen-bond donors (Lipinski definition) is 2. The molecule has 6 nitrogen and oxygen atoms in total. The molecule has 1 aromatic heterocycles. The van der Waals surface area contributed by atoms with E-state index in [0.717, 1.165) is 30.5 Å². The van der Waals surface area contributed by atoms with Crippen molar-refractivity contribution < 1.29 is 9.59 Å². The van der Waals surface area contributed by atoms with Gasteiger partial charge in [-0.15, -0.1) is 0 Å². The van der Waals surface area contributed by atoms with Crippen LogP contribution in [0.25, 0.3) is 10.9 Å². The number of aromatic nitrogens is 2. The molecule has 1 fully saturated rings. The zero-order valence-electron chi connectivity index (χ0n) is 13.7. The van der Waals surface area contributed by atoms with E-state index in [-0.39, 0.29) is 11.8 Å². The lowest BCUT2D eigenvalue weighted by molar-refractivity contribution is -0.119. The predicted octanol–water partition coefficient (Wildman–Crippen LogP) is 3.33. The number of aromatic amines is 1. The molecule has 3 aromatic rings. The lowest BCUT2D eigenvalue weighted by Crippen LogP contribution is -2.35. The zero-order valence-corrected chi connectivity index (χ0v) is 13.7. The summed E-state index contributed by atoms with van der Waals surface area (Å²) in [5, 5.41) is 10.6. The van der Waals surface area contributed by atoms with E-state index in [0.29, 0.717) is 23.2 Å². The van der Waals surface area contributed by atoms with Gasteiger partial charge in [0.05, 0.1) is 17.3 Å². The van der Waals surface area contributed by atoms with E-state index in [2.05, 4.69) is 15.5 Å². The van der Waals surface area contributed by atoms with Gasteiger partial charge in [0.1, 0.15) is 0 Å². The average molecular weight is 334 g/mol. The SMILES string of the molecule is O=C(Nc1cccc(N2CCCCC2=O)c1)c1cccc2cn[nH]c12. The van der Waals surface area contributed by atoms with Crippen molar-refractivity contribution >= 4 is 34.1 Å². The van der Waals surface area contributed by atoms with Crippen molar-refractivity contribution in [3.8, 4) is 0 Å². The Bertz CT molecular complexity index is 947. The van der Waals surface area contributed by atoms with Crippen LogP contribution in [0.3, 0.4) is 0 Å². The van der Waals surface area contributed by atoms with Gasteiger partial charge in [-0.2, -0.15) is 5.10 Å². The molecule has 1 aliphatic heterocycles. The Hall–Kier alpha value is -3.15. The summed E-state index contributed by atoms with van der Waals surface area (Å²) in [6.07, 6.45) is 4.22. The van der Waals surface area contributed by atoms with Crippen molar-refractivity contribution in [3.63, 3.8) is 0 Å². The number of nitrogens with one attached hydrogen (secondary N) is 2. The third kappa shape index (κ3) is 2.98. The van der Waals surface area contributed by atoms with Crippen LogP contribution in [-0.4, -0.2) is 28.6 Å². The predicted molar refractivity (Wildman–Crippen MR) is 96.7 cm³/mol. The number of amides is 2. The quantitative estimate of drug-likeness (QED) is 0.771. The Morgan fingerprint density at radius 3 is 2.92 bits per heavy atom. The third-order valence-corrected chi connectivity index (χ3v) is 4.46. The fraction of sp³-hybridized carbons (Fsp3) is 0.211. The van der Waals surface area contributed by atoms with Crippen molar-refractivity contribution in [2.45, 2.75) is 19.3 Å². The van der Waals surface area contributed by atoms with Crippen LogP contribution in [-0.2, 0) is 4.79 Å². The zero-order chi connectivity index (χ0) is 17.2. The van der Waals surface area contributed by atoms with Crippen LogP contribution < -0.4 is 10.2 Å². The number of piperidine rings is 1. The number of hydrogen-bond acceptors (Lipinski definition) is 3. The molecule has 0 radical (unpaired) electrons. The maximum Gasteiger partial charge on any atom is 0.257 e. The average Bonchev–Trinajstić information content (AvgIpc) is 3.11. The lowest BCUT2D eigenvalue weighted by Gasteiger charge is -2.27. The second-order valence-electron chi connectivity index (χ2n) is 6.15. The molecule has 2 amide bonds. The largest absolute Gasteiger partial charge is 0.322 e. The fourth-order valence-corrected chi connectivity index (χ4v) is 3.19. The van der Waals surface area contributed by atoms with Crippen molar-refractivity contribution in [3.05, 3.63) is 54.2 Å². The van der Waals surface area contributed by atoms with Gasteiger partial charge in [-0.05, 0) is 37.1 Å². The molecule has 1 aliphatic rings. The van der Waals surface area contributed by atoms with E-state index in [4.69, 9.17) is 0 Å². The summed E-state index contributed by atoms with van der Waals surface area (Å²) in [6, 6.07) is 12.9. The highest BCUT2D eigenvalue weighted by molar-refractivity contribution is 6.12. The number of rotatable bonds is 3. The Labute approximate surface area is 144 Å². The minimum Gasteiger partial charge on any atom is -0.322 e. The molecule has 0 atom stereocenters. The molecular formula is C19H18N4O2. The summed E-state index contributed by atoms with van der Waals surface area (Å²) in [6.45, 7) is 0.726. The molecule has 4 rings (SSSR count). The monoisotopic (exact) mass is 334 g/mol. The van der Waals surface area contributed by atoms with Gasteiger partial charge in [0.15, 0.2) is 0 Å². The maximum atomic E-state index is 12.6. The minimum absolute atomic E-state index is 0.136. The number of fused-ring (bicyclic) bond motifs is 1. The molecule has 6 heteroatoms. The standard InChI is InChI=1S/C19H18N4O2/c24-17-9-1-2-10-23(17)15-7-4-6-14(11-15)21-19(25)16-8-3-5-13-12-20-22-18(13)16/h3-8,11-12H,1-2,9-10H2,(H,20,22)(H,21,25). The molecule has 2 heterocycles. The normalized spacial score (nSPS) is 14.7. The Balaban J connectivity index is 1.58. The first-order valence-electron chi connectivity index (χ1n) is 8.36. The van der Waals surface area contributed by atoms with E-state index < -0.39 is 0 Å². The summed E-state index contributed by atoms with van der Waals surface area (Å²) in [5.41, 5.74) is 2.73. The van der Waals surface area contributed by atoms with Gasteiger partial charge in [-0.3, -0.25) is 14.7 Å². The third-order valence-electron chi connectivity index (χ3n) is 4.46. The summed E-state index contributed by atoms with van der Waals surface area (Å²) in [5.74, 6) is -0.0751. The lowest BCUT2D eigenvalue weighted by atomic mass is 10.1. The molecular weight excluding hydrogens is 316 g/mol. The van der Waals surface area contributed by atoms with Crippen LogP contribution in [0.15, 0.2) is 48.7 Å². The second kappa shape index (κ2) is 6.39. The van der Waals surface area contributed by atoms with Crippen molar-refractivity contribution in [2.24, 2.45) is 0 Å². The van der Waals surface area contributed by atoms with Gasteiger partial charge in [0.25, 0.3) is 5.91 Å². The summed E-state index contributed by atoms with van der Waals surface area (Å²) >= 11 is 0. The summed E-state index contributed by atoms with van der Waals surface area (Å²) < 4.78 is 0. The molecule has 0 unspecified atom stereocenters. The molecule has 25 heavy (non-hydrogen) atoms. The number of carbonyl (C=O) groups excluding carboxylic acids is 2. The topological polar surface area (TPSA) is 78.1 Å². The van der Waals surface area contributed by atoms with E-state index in [1.165, 1.54) is 0 Å². The van der Waals surface area contributed by atoms with Crippen LogP contribution in [0.1, 0.15) is 29.6 Å². The number of benzene rings is 2. The first kappa shape index (κ1) is 15.4. The molecule has 0 bridgehead atoms. The van der Waals surface area contributed by atoms with Gasteiger partial charge in [-0.25, -0.2) is 0 Å². The highest BCUT2D eigenvalue weighted by Crippen LogP contribution is 2.24. The second-order valence-corrected chi connectivity index (χ2v) is 6.15. The number of anilines is 2.